The summed E-state index contributed by atoms with van der Waals surface area (Å²) < 4.78 is 4.76. The Balaban J connectivity index is 2.19. The molecular weight excluding hydrogens is 224 g/mol. The fraction of sp³-hybridized carbons (Fsp3) is 0.333. The van der Waals surface area contributed by atoms with Crippen molar-refractivity contribution in [2.24, 2.45) is 0 Å². The Bertz CT molecular complexity index is 349. The molecule has 1 rings (SSSR count). The second-order valence-corrected chi connectivity index (χ2v) is 4.29. The standard InChI is InChI=1S/C12H14O3S/c1-10(13)15-7-8-16-9-12(14)11-5-3-2-4-6-11/h2-6H,7-9H2,1H3. The van der Waals surface area contributed by atoms with Gasteiger partial charge in [0.05, 0.1) is 5.75 Å². The molecular formula is C12H14O3S. The third-order valence-corrected chi connectivity index (χ3v) is 2.78. The summed E-state index contributed by atoms with van der Waals surface area (Å²) in [6.45, 7) is 1.74. The molecule has 0 aromatic heterocycles. The summed E-state index contributed by atoms with van der Waals surface area (Å²) in [5.74, 6) is 0.895. The quantitative estimate of drug-likeness (QED) is 0.433. The molecule has 1 aromatic rings. The molecule has 0 saturated heterocycles. The highest BCUT2D eigenvalue weighted by Gasteiger charge is 2.04. The average molecular weight is 238 g/mol. The van der Waals surface area contributed by atoms with E-state index >= 15 is 0 Å². The predicted molar refractivity (Wildman–Crippen MR) is 64.7 cm³/mol. The highest BCUT2D eigenvalue weighted by Crippen LogP contribution is 2.07. The van der Waals surface area contributed by atoms with Crippen LogP contribution in [-0.2, 0) is 9.53 Å². The van der Waals surface area contributed by atoms with Gasteiger partial charge >= 0.3 is 5.97 Å². The van der Waals surface area contributed by atoms with Crippen LogP contribution in [-0.4, -0.2) is 29.9 Å². The van der Waals surface area contributed by atoms with E-state index in [4.69, 9.17) is 4.74 Å². The van der Waals surface area contributed by atoms with Crippen molar-refractivity contribution in [1.82, 2.24) is 0 Å². The van der Waals surface area contributed by atoms with Crippen LogP contribution >= 0.6 is 11.8 Å². The minimum atomic E-state index is -0.282. The van der Waals surface area contributed by atoms with E-state index in [0.29, 0.717) is 18.1 Å². The number of thioether (sulfide) groups is 1. The van der Waals surface area contributed by atoms with E-state index in [9.17, 15) is 9.59 Å². The van der Waals surface area contributed by atoms with Gasteiger partial charge in [-0.2, -0.15) is 11.8 Å². The van der Waals surface area contributed by atoms with Gasteiger partial charge in [0.15, 0.2) is 5.78 Å². The van der Waals surface area contributed by atoms with Crippen LogP contribution in [0.15, 0.2) is 30.3 Å². The number of ketones is 1. The first-order chi connectivity index (χ1) is 7.70. The van der Waals surface area contributed by atoms with Gasteiger partial charge in [-0.25, -0.2) is 0 Å². The number of esters is 1. The number of hydrogen-bond donors (Lipinski definition) is 0. The summed E-state index contributed by atoms with van der Waals surface area (Å²) >= 11 is 1.47. The number of carbonyl (C=O) groups excluding carboxylic acids is 2. The Morgan fingerprint density at radius 1 is 1.25 bits per heavy atom. The Morgan fingerprint density at radius 2 is 1.94 bits per heavy atom. The first kappa shape index (κ1) is 12.8. The van der Waals surface area contributed by atoms with Crippen LogP contribution in [0, 0.1) is 0 Å². The monoisotopic (exact) mass is 238 g/mol. The first-order valence-electron chi connectivity index (χ1n) is 4.99. The summed E-state index contributed by atoms with van der Waals surface area (Å²) in [6, 6.07) is 9.17. The van der Waals surface area contributed by atoms with Crippen LogP contribution in [0.1, 0.15) is 17.3 Å². The van der Waals surface area contributed by atoms with Gasteiger partial charge < -0.3 is 4.74 Å². The molecule has 0 saturated carbocycles. The fourth-order valence-corrected chi connectivity index (χ4v) is 1.81. The third-order valence-electron chi connectivity index (χ3n) is 1.86. The van der Waals surface area contributed by atoms with E-state index in [-0.39, 0.29) is 11.8 Å². The molecule has 0 N–H and O–H groups in total. The molecule has 0 spiro atoms. The summed E-state index contributed by atoms with van der Waals surface area (Å²) in [5.41, 5.74) is 0.725. The molecule has 0 heterocycles. The first-order valence-corrected chi connectivity index (χ1v) is 6.15. The second-order valence-electron chi connectivity index (χ2n) is 3.18. The van der Waals surface area contributed by atoms with E-state index in [2.05, 4.69) is 0 Å². The van der Waals surface area contributed by atoms with Crippen LogP contribution in [0.25, 0.3) is 0 Å². The number of Topliss-reactive ketones (excluding diaryl/α,β-unsaturated/α-hetero) is 1. The molecule has 16 heavy (non-hydrogen) atoms. The average Bonchev–Trinajstić information content (AvgIpc) is 2.29. The Kier molecular flexibility index (Phi) is 5.64. The minimum absolute atomic E-state index is 0.105. The van der Waals surface area contributed by atoms with Gasteiger partial charge in [0.2, 0.25) is 0 Å². The van der Waals surface area contributed by atoms with Crippen molar-refractivity contribution in [1.29, 1.82) is 0 Å². The van der Waals surface area contributed by atoms with Crippen LogP contribution in [0.5, 0.6) is 0 Å². The lowest BCUT2D eigenvalue weighted by Gasteiger charge is -2.02. The maximum Gasteiger partial charge on any atom is 0.302 e. The maximum atomic E-state index is 11.6. The number of rotatable bonds is 6. The largest absolute Gasteiger partial charge is 0.465 e. The molecule has 0 radical (unpaired) electrons. The van der Waals surface area contributed by atoms with E-state index in [1.165, 1.54) is 18.7 Å². The number of carbonyl (C=O) groups is 2. The van der Waals surface area contributed by atoms with E-state index in [1.807, 2.05) is 18.2 Å². The Hall–Kier alpha value is -1.29. The van der Waals surface area contributed by atoms with Crippen LogP contribution < -0.4 is 0 Å². The maximum absolute atomic E-state index is 11.6. The molecule has 0 bridgehead atoms. The van der Waals surface area contributed by atoms with E-state index in [0.717, 1.165) is 5.56 Å². The van der Waals surface area contributed by atoms with Gasteiger partial charge in [0.1, 0.15) is 6.61 Å². The van der Waals surface area contributed by atoms with Gasteiger partial charge in [0.25, 0.3) is 0 Å². The Morgan fingerprint density at radius 3 is 2.56 bits per heavy atom. The van der Waals surface area contributed by atoms with Gasteiger partial charge in [-0.3, -0.25) is 9.59 Å². The number of ether oxygens (including phenoxy) is 1. The van der Waals surface area contributed by atoms with Crippen LogP contribution in [0.4, 0.5) is 0 Å². The number of hydrogen-bond acceptors (Lipinski definition) is 4. The molecule has 3 nitrogen and oxygen atoms in total. The molecule has 4 heteroatoms. The van der Waals surface area contributed by atoms with Crippen molar-refractivity contribution in [3.8, 4) is 0 Å². The normalized spacial score (nSPS) is 9.81. The zero-order valence-electron chi connectivity index (χ0n) is 9.14. The van der Waals surface area contributed by atoms with Crippen molar-refractivity contribution >= 4 is 23.5 Å². The van der Waals surface area contributed by atoms with Gasteiger partial charge in [-0.05, 0) is 0 Å². The summed E-state index contributed by atoms with van der Waals surface area (Å²) in [6.07, 6.45) is 0. The summed E-state index contributed by atoms with van der Waals surface area (Å²) in [4.78, 5) is 22.1. The number of benzene rings is 1. The smallest absolute Gasteiger partial charge is 0.302 e. The molecule has 86 valence electrons. The van der Waals surface area contributed by atoms with Crippen molar-refractivity contribution in [3.63, 3.8) is 0 Å². The predicted octanol–water partition coefficient (Wildman–Crippen LogP) is 2.17. The topological polar surface area (TPSA) is 43.4 Å². The third kappa shape index (κ3) is 4.98. The molecule has 1 aromatic carbocycles. The van der Waals surface area contributed by atoms with Crippen molar-refractivity contribution in [2.45, 2.75) is 6.92 Å². The molecule has 0 fully saturated rings. The lowest BCUT2D eigenvalue weighted by atomic mass is 10.2. The lowest BCUT2D eigenvalue weighted by molar-refractivity contribution is -0.140. The molecule has 0 amide bonds. The highest BCUT2D eigenvalue weighted by molar-refractivity contribution is 8.00. The Labute approximate surface area is 99.2 Å². The van der Waals surface area contributed by atoms with Crippen molar-refractivity contribution < 1.29 is 14.3 Å². The van der Waals surface area contributed by atoms with E-state index < -0.39 is 0 Å². The molecule has 0 aliphatic carbocycles. The minimum Gasteiger partial charge on any atom is -0.465 e. The van der Waals surface area contributed by atoms with Gasteiger partial charge in [0, 0.05) is 18.2 Å². The van der Waals surface area contributed by atoms with E-state index in [1.54, 1.807) is 12.1 Å². The summed E-state index contributed by atoms with van der Waals surface area (Å²) in [5, 5.41) is 0. The SMILES string of the molecule is CC(=O)OCCSCC(=O)c1ccccc1. The zero-order chi connectivity index (χ0) is 11.8. The van der Waals surface area contributed by atoms with Crippen LogP contribution in [0.2, 0.25) is 0 Å². The lowest BCUT2D eigenvalue weighted by Crippen LogP contribution is -2.06. The molecule has 0 atom stereocenters. The van der Waals surface area contributed by atoms with Gasteiger partial charge in [-0.15, -0.1) is 0 Å². The molecule has 0 aliphatic heterocycles. The highest BCUT2D eigenvalue weighted by atomic mass is 32.2. The zero-order valence-corrected chi connectivity index (χ0v) is 9.96. The fourth-order valence-electron chi connectivity index (χ4n) is 1.12. The van der Waals surface area contributed by atoms with Crippen molar-refractivity contribution in [3.05, 3.63) is 35.9 Å². The van der Waals surface area contributed by atoms with Gasteiger partial charge in [-0.1, -0.05) is 30.3 Å². The molecule has 0 aliphatic rings. The molecule has 0 unspecified atom stereocenters. The van der Waals surface area contributed by atoms with Crippen molar-refractivity contribution in [2.75, 3.05) is 18.1 Å². The van der Waals surface area contributed by atoms with Crippen LogP contribution in [0.3, 0.4) is 0 Å². The summed E-state index contributed by atoms with van der Waals surface area (Å²) in [7, 11) is 0. The second kappa shape index (κ2) is 7.06.